The van der Waals surface area contributed by atoms with Gasteiger partial charge in [-0.25, -0.2) is 0 Å². The number of aliphatic hydroxyl groups is 1. The van der Waals surface area contributed by atoms with Gasteiger partial charge in [0.15, 0.2) is 5.69 Å². The van der Waals surface area contributed by atoms with Crippen LogP contribution in [0, 0.1) is 10.1 Å². The zero-order chi connectivity index (χ0) is 22.2. The second-order valence-corrected chi connectivity index (χ2v) is 7.76. The van der Waals surface area contributed by atoms with Crippen LogP contribution in [0.1, 0.15) is 5.56 Å². The van der Waals surface area contributed by atoms with Crippen molar-refractivity contribution in [2.45, 2.75) is 11.5 Å². The van der Waals surface area contributed by atoms with Gasteiger partial charge in [-0.3, -0.25) is 14.7 Å². The van der Waals surface area contributed by atoms with Gasteiger partial charge < -0.3 is 10.1 Å². The Morgan fingerprint density at radius 2 is 1.97 bits per heavy atom. The van der Waals surface area contributed by atoms with Crippen LogP contribution in [0.4, 0.5) is 5.69 Å². The molecule has 0 aliphatic heterocycles. The molecular weight excluding hydrogens is 428 g/mol. The smallest absolute Gasteiger partial charge is 0.341 e. The van der Waals surface area contributed by atoms with Crippen molar-refractivity contribution in [3.63, 3.8) is 0 Å². The minimum atomic E-state index is -4.55. The molecule has 0 bridgehead atoms. The molecule has 0 saturated carbocycles. The molecule has 0 aliphatic rings. The van der Waals surface area contributed by atoms with Crippen LogP contribution in [0.5, 0.6) is 0 Å². The first kappa shape index (κ1) is 20.3. The number of H-pyrrole nitrogens is 1. The molecule has 0 saturated heterocycles. The fourth-order valence-corrected chi connectivity index (χ4v) is 3.73. The Morgan fingerprint density at radius 3 is 2.61 bits per heavy atom. The van der Waals surface area contributed by atoms with Crippen LogP contribution in [0.25, 0.3) is 22.8 Å². The number of nitrogens with one attached hydrogen (secondary N) is 1. The number of nitrogens with zero attached hydrogens (tertiary/aromatic N) is 5. The van der Waals surface area contributed by atoms with Gasteiger partial charge in [0.2, 0.25) is 0 Å². The highest BCUT2D eigenvalue weighted by atomic mass is 32.2. The van der Waals surface area contributed by atoms with Crippen LogP contribution in [0.2, 0.25) is 0 Å². The number of rotatable bonds is 6. The zero-order valence-corrected chi connectivity index (χ0v) is 16.5. The van der Waals surface area contributed by atoms with E-state index < -0.39 is 21.6 Å². The molecule has 2 aromatic heterocycles. The molecule has 0 fully saturated rings. The molecular formula is C18H15N6O6S+. The molecule has 0 aliphatic carbocycles. The summed E-state index contributed by atoms with van der Waals surface area (Å²) < 4.78 is 33.2. The number of nitro benzene ring substituents is 1. The molecule has 2 aromatic carbocycles. The second kappa shape index (κ2) is 7.71. The summed E-state index contributed by atoms with van der Waals surface area (Å²) in [6.45, 7) is -0.513. The highest BCUT2D eigenvalue weighted by molar-refractivity contribution is 7.86. The monoisotopic (exact) mass is 443 g/mol. The summed E-state index contributed by atoms with van der Waals surface area (Å²) in [6.07, 6.45) is 3.24. The number of nitro groups is 1. The maximum absolute atomic E-state index is 11.8. The summed E-state index contributed by atoms with van der Waals surface area (Å²) in [5, 5.41) is 29.6. The molecule has 0 atom stereocenters. The maximum atomic E-state index is 11.8. The van der Waals surface area contributed by atoms with E-state index in [1.165, 1.54) is 46.0 Å². The van der Waals surface area contributed by atoms with E-state index in [-0.39, 0.29) is 33.2 Å². The molecule has 3 N–H and O–H groups in total. The van der Waals surface area contributed by atoms with Gasteiger partial charge in [-0.05, 0) is 34.2 Å². The molecule has 4 aromatic rings. The number of hydrogen-bond acceptors (Lipinski definition) is 7. The highest BCUT2D eigenvalue weighted by Gasteiger charge is 2.29. The zero-order valence-electron chi connectivity index (χ0n) is 15.7. The van der Waals surface area contributed by atoms with E-state index in [1.54, 1.807) is 24.5 Å². The fourth-order valence-electron chi connectivity index (χ4n) is 3.04. The second-order valence-electron chi connectivity index (χ2n) is 6.37. The van der Waals surface area contributed by atoms with E-state index in [4.69, 9.17) is 0 Å². The molecule has 158 valence electrons. The van der Waals surface area contributed by atoms with Crippen molar-refractivity contribution in [3.05, 3.63) is 76.6 Å². The Morgan fingerprint density at radius 1 is 1.19 bits per heavy atom. The van der Waals surface area contributed by atoms with Crippen LogP contribution in [0.15, 0.2) is 65.8 Å². The number of tetrazole rings is 1. The number of hydrogen-bond donors (Lipinski definition) is 3. The molecule has 0 radical (unpaired) electrons. The highest BCUT2D eigenvalue weighted by Crippen LogP contribution is 2.25. The lowest BCUT2D eigenvalue weighted by atomic mass is 10.1. The number of aromatic amines is 1. The van der Waals surface area contributed by atoms with E-state index in [2.05, 4.69) is 15.2 Å². The molecule has 12 nitrogen and oxygen atoms in total. The number of benzene rings is 2. The molecule has 0 amide bonds. The van der Waals surface area contributed by atoms with Crippen molar-refractivity contribution in [1.29, 1.82) is 0 Å². The van der Waals surface area contributed by atoms with E-state index >= 15 is 0 Å². The summed E-state index contributed by atoms with van der Waals surface area (Å²) >= 11 is 0. The van der Waals surface area contributed by atoms with E-state index in [9.17, 15) is 28.2 Å². The molecule has 31 heavy (non-hydrogen) atoms. The van der Waals surface area contributed by atoms with Crippen molar-refractivity contribution < 1.29 is 27.8 Å². The SMILES string of the molecule is O=[N+]([O-])c1ccc(-[n+]2nc(-c3ccccc3S(=O)(=O)O)nn2-c2cc[nH]c2)c(CO)c1. The van der Waals surface area contributed by atoms with Crippen molar-refractivity contribution >= 4 is 15.8 Å². The van der Waals surface area contributed by atoms with Crippen LogP contribution in [-0.2, 0) is 16.7 Å². The quantitative estimate of drug-likeness (QED) is 0.173. The first-order chi connectivity index (χ1) is 14.8. The number of aliphatic hydroxyl groups excluding tert-OH is 1. The molecule has 0 spiro atoms. The van der Waals surface area contributed by atoms with Gasteiger partial charge in [0.05, 0.1) is 22.2 Å². The minimum absolute atomic E-state index is 0.0309. The first-order valence-electron chi connectivity index (χ1n) is 8.78. The number of aromatic nitrogens is 5. The predicted molar refractivity (Wildman–Crippen MR) is 105 cm³/mol. The van der Waals surface area contributed by atoms with E-state index in [0.717, 1.165) is 0 Å². The third-order valence-electron chi connectivity index (χ3n) is 4.44. The Hall–Kier alpha value is -3.94. The van der Waals surface area contributed by atoms with Crippen LogP contribution < -0.4 is 4.80 Å². The maximum Gasteiger partial charge on any atom is 0.341 e. The van der Waals surface area contributed by atoms with Gasteiger partial charge in [-0.1, -0.05) is 12.1 Å². The average molecular weight is 443 g/mol. The minimum Gasteiger partial charge on any atom is -0.392 e. The van der Waals surface area contributed by atoms with E-state index in [1.807, 2.05) is 0 Å². The van der Waals surface area contributed by atoms with Crippen LogP contribution in [0.3, 0.4) is 0 Å². The summed E-state index contributed by atoms with van der Waals surface area (Å²) in [4.78, 5) is 15.6. The normalized spacial score (nSPS) is 11.5. The average Bonchev–Trinajstić information content (AvgIpc) is 3.42. The molecule has 0 unspecified atom stereocenters. The molecule has 4 rings (SSSR count). The lowest BCUT2D eigenvalue weighted by Gasteiger charge is -2.03. The van der Waals surface area contributed by atoms with Gasteiger partial charge in [-0.15, -0.1) is 0 Å². The van der Waals surface area contributed by atoms with E-state index in [0.29, 0.717) is 5.69 Å². The Bertz CT molecular complexity index is 1380. The van der Waals surface area contributed by atoms with Gasteiger partial charge in [0.1, 0.15) is 10.6 Å². The first-order valence-corrected chi connectivity index (χ1v) is 10.2. The van der Waals surface area contributed by atoms with Gasteiger partial charge in [0.25, 0.3) is 15.8 Å². The molecule has 13 heteroatoms. The lowest BCUT2D eigenvalue weighted by Crippen LogP contribution is -2.44. The van der Waals surface area contributed by atoms with Gasteiger partial charge in [-0.2, -0.15) is 8.42 Å². The van der Waals surface area contributed by atoms with Crippen molar-refractivity contribution in [2.24, 2.45) is 0 Å². The summed E-state index contributed by atoms with van der Waals surface area (Å²) in [5.41, 5.74) is 0.860. The number of non-ortho nitro benzene ring substituents is 1. The van der Waals surface area contributed by atoms with Gasteiger partial charge in [0, 0.05) is 34.9 Å². The lowest BCUT2D eigenvalue weighted by molar-refractivity contribution is -0.735. The topological polar surface area (TPSA) is 168 Å². The van der Waals surface area contributed by atoms with Gasteiger partial charge >= 0.3 is 5.82 Å². The van der Waals surface area contributed by atoms with Crippen LogP contribution >= 0.6 is 0 Å². The largest absolute Gasteiger partial charge is 0.392 e. The van der Waals surface area contributed by atoms with Crippen molar-refractivity contribution in [3.8, 4) is 22.8 Å². The fraction of sp³-hybridized carbons (Fsp3) is 0.0556. The predicted octanol–water partition coefficient (Wildman–Crippen LogP) is 1.19. The van der Waals surface area contributed by atoms with Crippen molar-refractivity contribution in [2.75, 3.05) is 0 Å². The Labute approximate surface area is 174 Å². The van der Waals surface area contributed by atoms with Crippen LogP contribution in [-0.4, -0.2) is 43.0 Å². The van der Waals surface area contributed by atoms with Crippen molar-refractivity contribution in [1.82, 2.24) is 20.0 Å². The standard InChI is InChI=1S/C18H14N6O6S/c25-11-12-9-13(24(26)27)5-6-16(12)23-21-18(20-22(23)14-7-8-19-10-14)15-3-1-2-4-17(15)31(28,29)30/h1-10,19,25H,11H2/p+1. The Balaban J connectivity index is 1.98. The third kappa shape index (κ3) is 3.79. The third-order valence-corrected chi connectivity index (χ3v) is 5.35. The Kier molecular flexibility index (Phi) is 5.06. The molecule has 2 heterocycles. The summed E-state index contributed by atoms with van der Waals surface area (Å²) in [5.74, 6) is -0.0309. The summed E-state index contributed by atoms with van der Waals surface area (Å²) in [6, 6.07) is 11.2. The summed E-state index contributed by atoms with van der Waals surface area (Å²) in [7, 11) is -4.55.